The number of hydrogen-bond acceptors (Lipinski definition) is 6. The normalized spacial score (nSPS) is 12.1. The van der Waals surface area contributed by atoms with Crippen LogP contribution in [-0.4, -0.2) is 26.5 Å². The second kappa shape index (κ2) is 7.33. The number of halogens is 1. The Balaban J connectivity index is 1.91. The molecule has 7 nitrogen and oxygen atoms in total. The zero-order valence-electron chi connectivity index (χ0n) is 14.0. The highest BCUT2D eigenvalue weighted by molar-refractivity contribution is 7.85. The Labute approximate surface area is 158 Å². The van der Waals surface area contributed by atoms with E-state index in [0.717, 1.165) is 21.9 Å². The first-order valence-electron chi connectivity index (χ1n) is 7.55. The van der Waals surface area contributed by atoms with Crippen LogP contribution in [0.4, 0.5) is 4.39 Å². The van der Waals surface area contributed by atoms with Gasteiger partial charge in [-0.15, -0.1) is 11.3 Å². The molecule has 0 radical (unpaired) electrons. The number of nitrogens with zero attached hydrogens (tertiary/aromatic N) is 1. The maximum atomic E-state index is 13.5. The van der Waals surface area contributed by atoms with Crippen molar-refractivity contribution in [1.82, 2.24) is 5.32 Å². The van der Waals surface area contributed by atoms with Gasteiger partial charge in [0, 0.05) is 10.1 Å². The summed E-state index contributed by atoms with van der Waals surface area (Å²) in [6.45, 7) is 0. The Bertz CT molecular complexity index is 1160. The minimum atomic E-state index is -3.83. The number of carbonyl (C=O) groups is 1. The first kappa shape index (κ1) is 18.8. The van der Waals surface area contributed by atoms with Crippen LogP contribution in [0.1, 0.15) is 9.67 Å². The largest absolute Gasteiger partial charge is 0.367 e. The monoisotopic (exact) mass is 407 g/mol. The van der Waals surface area contributed by atoms with Gasteiger partial charge in [-0.2, -0.15) is 8.42 Å². The van der Waals surface area contributed by atoms with Crippen LogP contribution in [0.15, 0.2) is 53.7 Å². The molecule has 0 fully saturated rings. The van der Waals surface area contributed by atoms with Gasteiger partial charge in [-0.25, -0.2) is 4.39 Å². The van der Waals surface area contributed by atoms with Gasteiger partial charge in [0.1, 0.15) is 5.82 Å². The van der Waals surface area contributed by atoms with E-state index in [-0.39, 0.29) is 5.82 Å². The number of amides is 1. The van der Waals surface area contributed by atoms with Crippen molar-refractivity contribution in [2.24, 2.45) is 10.9 Å². The Morgan fingerprint density at radius 2 is 1.96 bits per heavy atom. The van der Waals surface area contributed by atoms with Crippen LogP contribution in [0.25, 0.3) is 21.2 Å². The van der Waals surface area contributed by atoms with Crippen molar-refractivity contribution in [3.63, 3.8) is 0 Å². The molecule has 0 spiro atoms. The lowest BCUT2D eigenvalue weighted by Crippen LogP contribution is -2.36. The maximum absolute atomic E-state index is 13.5. The lowest BCUT2D eigenvalue weighted by Gasteiger charge is -2.03. The fourth-order valence-electron chi connectivity index (χ4n) is 2.39. The molecule has 0 saturated carbocycles. The number of guanidine groups is 1. The fourth-order valence-corrected chi connectivity index (χ4v) is 3.59. The van der Waals surface area contributed by atoms with E-state index in [1.54, 1.807) is 18.2 Å². The van der Waals surface area contributed by atoms with Gasteiger partial charge in [0.2, 0.25) is 5.96 Å². The van der Waals surface area contributed by atoms with E-state index >= 15 is 0 Å². The lowest BCUT2D eigenvalue weighted by atomic mass is 10.0. The molecule has 0 aliphatic rings. The first-order chi connectivity index (χ1) is 12.7. The molecular formula is C17H14FN3O4S2. The Morgan fingerprint density at radius 3 is 2.67 bits per heavy atom. The van der Waals surface area contributed by atoms with Crippen molar-refractivity contribution < 1.29 is 21.9 Å². The Kier molecular flexibility index (Phi) is 5.10. The summed E-state index contributed by atoms with van der Waals surface area (Å²) in [5.41, 5.74) is 6.91. The van der Waals surface area contributed by atoms with Gasteiger partial charge >= 0.3 is 10.1 Å². The molecule has 10 heteroatoms. The summed E-state index contributed by atoms with van der Waals surface area (Å²) in [7, 11) is -3.83. The van der Waals surface area contributed by atoms with Crippen LogP contribution in [0.5, 0.6) is 0 Å². The lowest BCUT2D eigenvalue weighted by molar-refractivity contribution is 0.0979. The number of nitrogens with one attached hydrogen (secondary N) is 1. The van der Waals surface area contributed by atoms with Gasteiger partial charge in [0.05, 0.1) is 11.1 Å². The second-order valence-electron chi connectivity index (χ2n) is 5.55. The molecule has 3 rings (SSSR count). The standard InChI is InChI=1S/C17H14FN3O4S2/c1-27(23,24)25-21-17(19)20-16(22)15-9-13-12(6-3-7-14(13)26-15)10-4-2-5-11(18)8-10/h2-9H,1H3,(H3,19,20,21,22). The first-order valence-corrected chi connectivity index (χ1v) is 10.2. The van der Waals surface area contributed by atoms with Crippen LogP contribution in [0, 0.1) is 5.82 Å². The molecular weight excluding hydrogens is 393 g/mol. The van der Waals surface area contributed by atoms with Crippen molar-refractivity contribution in [2.75, 3.05) is 6.26 Å². The average Bonchev–Trinajstić information content (AvgIpc) is 3.03. The average molecular weight is 407 g/mol. The van der Waals surface area contributed by atoms with E-state index in [2.05, 4.69) is 14.8 Å². The molecule has 1 amide bonds. The minimum absolute atomic E-state index is 0.325. The van der Waals surface area contributed by atoms with Crippen LogP contribution < -0.4 is 11.1 Å². The van der Waals surface area contributed by atoms with Crippen molar-refractivity contribution in [3.05, 3.63) is 59.2 Å². The van der Waals surface area contributed by atoms with Gasteiger partial charge in [-0.05, 0) is 40.5 Å². The predicted octanol–water partition coefficient (Wildman–Crippen LogP) is 2.64. The highest BCUT2D eigenvalue weighted by atomic mass is 32.2. The molecule has 0 aliphatic carbocycles. The van der Waals surface area contributed by atoms with Crippen molar-refractivity contribution in [2.45, 2.75) is 0 Å². The molecule has 3 N–H and O–H groups in total. The number of nitrogens with two attached hydrogens (primary N) is 1. The maximum Gasteiger partial charge on any atom is 0.325 e. The summed E-state index contributed by atoms with van der Waals surface area (Å²) in [4.78, 5) is 12.6. The third kappa shape index (κ3) is 4.60. The third-order valence-electron chi connectivity index (χ3n) is 3.43. The summed E-state index contributed by atoms with van der Waals surface area (Å²) >= 11 is 1.21. The van der Waals surface area contributed by atoms with Gasteiger partial charge in [-0.3, -0.25) is 14.4 Å². The van der Waals surface area contributed by atoms with Gasteiger partial charge in [0.25, 0.3) is 5.91 Å². The van der Waals surface area contributed by atoms with Crippen molar-refractivity contribution in [3.8, 4) is 11.1 Å². The molecule has 2 aromatic carbocycles. The van der Waals surface area contributed by atoms with Gasteiger partial charge < -0.3 is 5.73 Å². The highest BCUT2D eigenvalue weighted by Gasteiger charge is 2.15. The van der Waals surface area contributed by atoms with Crippen molar-refractivity contribution >= 4 is 43.4 Å². The summed E-state index contributed by atoms with van der Waals surface area (Å²) < 4.78 is 40.3. The number of thiophene rings is 1. The van der Waals surface area contributed by atoms with Gasteiger partial charge in [0.15, 0.2) is 0 Å². The summed E-state index contributed by atoms with van der Waals surface area (Å²) in [6.07, 6.45) is 0.797. The second-order valence-corrected chi connectivity index (χ2v) is 8.19. The molecule has 0 bridgehead atoms. The van der Waals surface area contributed by atoms with E-state index in [4.69, 9.17) is 5.73 Å². The highest BCUT2D eigenvalue weighted by Crippen LogP contribution is 2.34. The van der Waals surface area contributed by atoms with E-state index in [1.807, 2.05) is 18.2 Å². The van der Waals surface area contributed by atoms with Crippen LogP contribution >= 0.6 is 11.3 Å². The van der Waals surface area contributed by atoms with E-state index in [9.17, 15) is 17.6 Å². The predicted molar refractivity (Wildman–Crippen MR) is 102 cm³/mol. The molecule has 0 unspecified atom stereocenters. The van der Waals surface area contributed by atoms with Crippen LogP contribution in [0.2, 0.25) is 0 Å². The summed E-state index contributed by atoms with van der Waals surface area (Å²) in [6, 6.07) is 13.3. The van der Waals surface area contributed by atoms with E-state index in [1.165, 1.54) is 23.5 Å². The Morgan fingerprint density at radius 1 is 1.22 bits per heavy atom. The Hall–Kier alpha value is -2.98. The zero-order chi connectivity index (χ0) is 19.6. The third-order valence-corrected chi connectivity index (χ3v) is 4.88. The van der Waals surface area contributed by atoms with E-state index in [0.29, 0.717) is 10.4 Å². The minimum Gasteiger partial charge on any atom is -0.367 e. The number of benzene rings is 2. The van der Waals surface area contributed by atoms with Crippen molar-refractivity contribution in [1.29, 1.82) is 0 Å². The number of oxime groups is 1. The number of fused-ring (bicyclic) bond motifs is 1. The molecule has 1 aromatic heterocycles. The molecule has 0 aliphatic heterocycles. The van der Waals surface area contributed by atoms with E-state index < -0.39 is 22.0 Å². The number of carbonyl (C=O) groups excluding carboxylic acids is 1. The molecule has 27 heavy (non-hydrogen) atoms. The number of hydrogen-bond donors (Lipinski definition) is 2. The smallest absolute Gasteiger partial charge is 0.325 e. The van der Waals surface area contributed by atoms with Crippen LogP contribution in [0.3, 0.4) is 0 Å². The molecule has 0 atom stereocenters. The quantitative estimate of drug-likeness (QED) is 0.392. The molecule has 3 aromatic rings. The molecule has 0 saturated heterocycles. The van der Waals surface area contributed by atoms with Gasteiger partial charge in [-0.1, -0.05) is 24.3 Å². The number of rotatable bonds is 4. The molecule has 140 valence electrons. The van der Waals surface area contributed by atoms with Crippen LogP contribution in [-0.2, 0) is 14.4 Å². The topological polar surface area (TPSA) is 111 Å². The zero-order valence-corrected chi connectivity index (χ0v) is 15.6. The SMILES string of the molecule is CS(=O)(=O)ON=C(N)NC(=O)c1cc2c(-c3cccc(F)c3)cccc2s1. The fraction of sp³-hybridized carbons (Fsp3) is 0.0588. The molecule has 1 heterocycles. The summed E-state index contributed by atoms with van der Waals surface area (Å²) in [5, 5.41) is 6.15. The summed E-state index contributed by atoms with van der Waals surface area (Å²) in [5.74, 6) is -1.42.